The normalized spacial score (nSPS) is 17.9. The molecule has 1 aliphatic rings. The van der Waals surface area contributed by atoms with Crippen molar-refractivity contribution in [3.63, 3.8) is 0 Å². The molecule has 1 aliphatic carbocycles. The fourth-order valence-corrected chi connectivity index (χ4v) is 2.04. The van der Waals surface area contributed by atoms with Gasteiger partial charge in [-0.15, -0.1) is 0 Å². The summed E-state index contributed by atoms with van der Waals surface area (Å²) in [6, 6.07) is 1.80. The zero-order valence-electron chi connectivity index (χ0n) is 9.59. The third kappa shape index (κ3) is 1.86. The van der Waals surface area contributed by atoms with Gasteiger partial charge in [0, 0.05) is 6.42 Å². The molecular formula is C13H18O2. The van der Waals surface area contributed by atoms with E-state index < -0.39 is 5.60 Å². The Kier molecular flexibility index (Phi) is 2.27. The van der Waals surface area contributed by atoms with E-state index in [0.717, 1.165) is 36.0 Å². The van der Waals surface area contributed by atoms with Crippen molar-refractivity contribution < 1.29 is 10.2 Å². The molecule has 0 aliphatic heterocycles. The molecule has 0 aromatic heterocycles. The minimum atomic E-state index is -0.459. The quantitative estimate of drug-likeness (QED) is 0.780. The van der Waals surface area contributed by atoms with E-state index in [2.05, 4.69) is 0 Å². The molecule has 15 heavy (non-hydrogen) atoms. The Morgan fingerprint density at radius 3 is 2.33 bits per heavy atom. The van der Waals surface area contributed by atoms with Crippen molar-refractivity contribution in [1.29, 1.82) is 0 Å². The Morgan fingerprint density at radius 2 is 1.80 bits per heavy atom. The van der Waals surface area contributed by atoms with Gasteiger partial charge in [-0.3, -0.25) is 0 Å². The van der Waals surface area contributed by atoms with E-state index in [4.69, 9.17) is 0 Å². The minimum absolute atomic E-state index is 0.358. The van der Waals surface area contributed by atoms with Crippen LogP contribution in [0.2, 0.25) is 0 Å². The lowest BCUT2D eigenvalue weighted by Gasteiger charge is -2.16. The van der Waals surface area contributed by atoms with Gasteiger partial charge in [0.05, 0.1) is 5.60 Å². The molecule has 0 heterocycles. The molecule has 0 saturated heterocycles. The van der Waals surface area contributed by atoms with Crippen LogP contribution in [0, 0.1) is 20.8 Å². The van der Waals surface area contributed by atoms with Crippen molar-refractivity contribution in [3.8, 4) is 5.75 Å². The number of aliphatic hydroxyl groups is 1. The second-order valence-electron chi connectivity index (χ2n) is 4.84. The summed E-state index contributed by atoms with van der Waals surface area (Å²) in [5, 5.41) is 19.6. The van der Waals surface area contributed by atoms with Crippen LogP contribution in [0.15, 0.2) is 6.07 Å². The number of benzene rings is 1. The Morgan fingerprint density at radius 1 is 1.20 bits per heavy atom. The molecule has 0 unspecified atom stereocenters. The molecule has 82 valence electrons. The van der Waals surface area contributed by atoms with Gasteiger partial charge in [-0.05, 0) is 61.9 Å². The van der Waals surface area contributed by atoms with Gasteiger partial charge in [0.2, 0.25) is 0 Å². The minimum Gasteiger partial charge on any atom is -0.508 e. The molecule has 0 atom stereocenters. The zero-order valence-corrected chi connectivity index (χ0v) is 9.59. The van der Waals surface area contributed by atoms with E-state index in [-0.39, 0.29) is 0 Å². The van der Waals surface area contributed by atoms with E-state index in [1.165, 1.54) is 5.56 Å². The molecule has 1 fully saturated rings. The van der Waals surface area contributed by atoms with Gasteiger partial charge in [-0.2, -0.15) is 0 Å². The molecule has 2 nitrogen and oxygen atoms in total. The van der Waals surface area contributed by atoms with Crippen molar-refractivity contribution in [2.45, 2.75) is 45.6 Å². The van der Waals surface area contributed by atoms with Crippen molar-refractivity contribution >= 4 is 0 Å². The second-order valence-corrected chi connectivity index (χ2v) is 4.84. The Balaban J connectivity index is 2.41. The number of hydrogen-bond donors (Lipinski definition) is 2. The molecule has 1 aromatic carbocycles. The average molecular weight is 206 g/mol. The summed E-state index contributed by atoms with van der Waals surface area (Å²) in [6.07, 6.45) is 2.55. The maximum Gasteiger partial charge on any atom is 0.119 e. The maximum atomic E-state index is 9.93. The first-order valence-electron chi connectivity index (χ1n) is 5.44. The monoisotopic (exact) mass is 206 g/mol. The van der Waals surface area contributed by atoms with E-state index in [9.17, 15) is 10.2 Å². The van der Waals surface area contributed by atoms with E-state index in [1.807, 2.05) is 20.8 Å². The standard InChI is InChI=1S/C13H18O2/c1-8-6-12(14)10(3)9(2)11(8)7-13(15)4-5-13/h6,14-15H,4-5,7H2,1-3H3. The van der Waals surface area contributed by atoms with Crippen LogP contribution < -0.4 is 0 Å². The molecule has 0 radical (unpaired) electrons. The van der Waals surface area contributed by atoms with Crippen molar-refractivity contribution in [2.24, 2.45) is 0 Å². The summed E-state index contributed by atoms with van der Waals surface area (Å²) < 4.78 is 0. The van der Waals surface area contributed by atoms with E-state index >= 15 is 0 Å². The lowest BCUT2D eigenvalue weighted by Crippen LogP contribution is -2.13. The predicted molar refractivity (Wildman–Crippen MR) is 60.2 cm³/mol. The van der Waals surface area contributed by atoms with Gasteiger partial charge in [0.25, 0.3) is 0 Å². The second kappa shape index (κ2) is 3.24. The summed E-state index contributed by atoms with van der Waals surface area (Å²) >= 11 is 0. The fourth-order valence-electron chi connectivity index (χ4n) is 2.04. The van der Waals surface area contributed by atoms with Crippen molar-refractivity contribution in [3.05, 3.63) is 28.3 Å². The van der Waals surface area contributed by atoms with Crippen LogP contribution in [0.1, 0.15) is 35.1 Å². The molecule has 0 spiro atoms. The lowest BCUT2D eigenvalue weighted by molar-refractivity contribution is 0.150. The highest BCUT2D eigenvalue weighted by atomic mass is 16.3. The fraction of sp³-hybridized carbons (Fsp3) is 0.538. The predicted octanol–water partition coefficient (Wildman–Crippen LogP) is 2.38. The highest BCUT2D eigenvalue weighted by molar-refractivity contribution is 5.48. The molecule has 1 saturated carbocycles. The molecule has 0 amide bonds. The lowest BCUT2D eigenvalue weighted by atomic mass is 9.92. The van der Waals surface area contributed by atoms with E-state index in [0.29, 0.717) is 5.75 Å². The molecule has 1 aromatic rings. The largest absolute Gasteiger partial charge is 0.508 e. The SMILES string of the molecule is Cc1cc(O)c(C)c(C)c1CC1(O)CC1. The topological polar surface area (TPSA) is 40.5 Å². The van der Waals surface area contributed by atoms with Crippen molar-refractivity contribution in [1.82, 2.24) is 0 Å². The van der Waals surface area contributed by atoms with Crippen LogP contribution in [0.4, 0.5) is 0 Å². The molecule has 2 heteroatoms. The van der Waals surface area contributed by atoms with Crippen LogP contribution >= 0.6 is 0 Å². The van der Waals surface area contributed by atoms with Crippen LogP contribution in [0.5, 0.6) is 5.75 Å². The first-order chi connectivity index (χ1) is 6.93. The Labute approximate surface area is 90.6 Å². The molecule has 2 rings (SSSR count). The summed E-state index contributed by atoms with van der Waals surface area (Å²) in [7, 11) is 0. The number of phenolic OH excluding ortho intramolecular Hbond substituents is 1. The smallest absolute Gasteiger partial charge is 0.119 e. The average Bonchev–Trinajstić information content (AvgIpc) is 2.89. The van der Waals surface area contributed by atoms with Gasteiger partial charge in [0.15, 0.2) is 0 Å². The van der Waals surface area contributed by atoms with Crippen LogP contribution in [-0.2, 0) is 6.42 Å². The highest BCUT2D eigenvalue weighted by Gasteiger charge is 2.40. The molecule has 0 bridgehead atoms. The summed E-state index contributed by atoms with van der Waals surface area (Å²) in [6.45, 7) is 5.93. The number of aryl methyl sites for hydroxylation is 1. The zero-order chi connectivity index (χ0) is 11.2. The van der Waals surface area contributed by atoms with Crippen LogP contribution in [-0.4, -0.2) is 15.8 Å². The van der Waals surface area contributed by atoms with Crippen LogP contribution in [0.25, 0.3) is 0 Å². The Hall–Kier alpha value is -1.02. The summed E-state index contributed by atoms with van der Waals surface area (Å²) in [5.74, 6) is 0.358. The first kappa shape index (κ1) is 10.5. The maximum absolute atomic E-state index is 9.93. The third-order valence-corrected chi connectivity index (χ3v) is 3.56. The number of rotatable bonds is 2. The van der Waals surface area contributed by atoms with E-state index in [1.54, 1.807) is 6.07 Å². The van der Waals surface area contributed by atoms with Crippen molar-refractivity contribution in [2.75, 3.05) is 0 Å². The highest BCUT2D eigenvalue weighted by Crippen LogP contribution is 2.40. The van der Waals surface area contributed by atoms with Crippen LogP contribution in [0.3, 0.4) is 0 Å². The molecule has 2 N–H and O–H groups in total. The summed E-state index contributed by atoms with van der Waals surface area (Å²) in [4.78, 5) is 0. The number of aromatic hydroxyl groups is 1. The number of hydrogen-bond acceptors (Lipinski definition) is 2. The Bertz CT molecular complexity index is 403. The first-order valence-corrected chi connectivity index (χ1v) is 5.44. The van der Waals surface area contributed by atoms with Gasteiger partial charge in [-0.25, -0.2) is 0 Å². The summed E-state index contributed by atoms with van der Waals surface area (Å²) in [5.41, 5.74) is 3.87. The van der Waals surface area contributed by atoms with Gasteiger partial charge in [0.1, 0.15) is 5.75 Å². The number of phenols is 1. The van der Waals surface area contributed by atoms with Gasteiger partial charge >= 0.3 is 0 Å². The van der Waals surface area contributed by atoms with Gasteiger partial charge in [-0.1, -0.05) is 0 Å². The third-order valence-electron chi connectivity index (χ3n) is 3.56. The molecular weight excluding hydrogens is 188 g/mol. The van der Waals surface area contributed by atoms with Gasteiger partial charge < -0.3 is 10.2 Å².